The van der Waals surface area contributed by atoms with E-state index in [0.29, 0.717) is 18.7 Å². The molecule has 6 heteroatoms. The number of carbonyl (C=O) groups excluding carboxylic acids is 2. The van der Waals surface area contributed by atoms with Gasteiger partial charge in [-0.05, 0) is 41.5 Å². The summed E-state index contributed by atoms with van der Waals surface area (Å²) in [6.07, 6.45) is 1.70. The monoisotopic (exact) mass is 497 g/mol. The minimum atomic E-state index is -0.659. The Bertz CT molecular complexity index is 1040. The van der Waals surface area contributed by atoms with Crippen molar-refractivity contribution in [3.8, 4) is 0 Å². The maximum absolute atomic E-state index is 13.1. The topological polar surface area (TPSA) is 66.8 Å². The number of aliphatic hydroxyl groups is 1. The van der Waals surface area contributed by atoms with Crippen LogP contribution in [0.3, 0.4) is 0 Å². The van der Waals surface area contributed by atoms with Gasteiger partial charge in [0.2, 0.25) is 0 Å². The Labute approximate surface area is 197 Å². The molecule has 0 saturated carbocycles. The molecule has 5 nitrogen and oxygen atoms in total. The van der Waals surface area contributed by atoms with Crippen molar-refractivity contribution in [1.82, 2.24) is 4.90 Å². The summed E-state index contributed by atoms with van der Waals surface area (Å²) in [5.74, 6) is -1.41. The van der Waals surface area contributed by atoms with Crippen molar-refractivity contribution in [3.05, 3.63) is 75.3 Å². The van der Waals surface area contributed by atoms with Gasteiger partial charge in [-0.1, -0.05) is 73.1 Å². The second-order valence-electron chi connectivity index (χ2n) is 9.47. The number of aliphatic hydroxyl groups excluding tert-OH is 1. The summed E-state index contributed by atoms with van der Waals surface area (Å²) in [6.45, 7) is 7.41. The van der Waals surface area contributed by atoms with Crippen LogP contribution in [0.1, 0.15) is 56.3 Å². The third-order valence-corrected chi connectivity index (χ3v) is 6.70. The number of carbonyl (C=O) groups is 2. The van der Waals surface area contributed by atoms with Gasteiger partial charge in [0.05, 0.1) is 17.7 Å². The van der Waals surface area contributed by atoms with E-state index in [2.05, 4.69) is 36.7 Å². The normalized spacial score (nSPS) is 23.2. The second-order valence-corrected chi connectivity index (χ2v) is 10.4. The Morgan fingerprint density at radius 1 is 1.09 bits per heavy atom. The van der Waals surface area contributed by atoms with E-state index in [1.54, 1.807) is 29.2 Å². The van der Waals surface area contributed by atoms with Crippen LogP contribution < -0.4 is 0 Å². The molecule has 2 fully saturated rings. The van der Waals surface area contributed by atoms with Gasteiger partial charge in [-0.25, -0.2) is 0 Å². The first-order valence-electron chi connectivity index (χ1n) is 10.9. The van der Waals surface area contributed by atoms with Crippen LogP contribution in [-0.2, 0) is 19.7 Å². The Morgan fingerprint density at radius 2 is 1.75 bits per heavy atom. The number of amides is 1. The van der Waals surface area contributed by atoms with Crippen LogP contribution in [0.25, 0.3) is 5.76 Å². The van der Waals surface area contributed by atoms with Crippen LogP contribution in [0, 0.1) is 0 Å². The number of benzene rings is 2. The molecule has 1 N–H and O–H groups in total. The Hall–Kier alpha value is -2.44. The fraction of sp³-hybridized carbons (Fsp3) is 0.385. The van der Waals surface area contributed by atoms with Crippen molar-refractivity contribution in [2.24, 2.45) is 0 Å². The molecule has 2 aliphatic rings. The van der Waals surface area contributed by atoms with Crippen molar-refractivity contribution < 1.29 is 19.4 Å². The van der Waals surface area contributed by atoms with Gasteiger partial charge in [0, 0.05) is 23.2 Å². The summed E-state index contributed by atoms with van der Waals surface area (Å²) in [7, 11) is 0. The molecular weight excluding hydrogens is 470 g/mol. The summed E-state index contributed by atoms with van der Waals surface area (Å²) >= 11 is 3.39. The zero-order valence-corrected chi connectivity index (χ0v) is 20.2. The van der Waals surface area contributed by atoms with Crippen LogP contribution in [0.5, 0.6) is 0 Å². The molecule has 2 saturated heterocycles. The van der Waals surface area contributed by atoms with Crippen LogP contribution in [-0.4, -0.2) is 41.0 Å². The summed E-state index contributed by atoms with van der Waals surface area (Å²) < 4.78 is 6.61. The molecule has 0 radical (unpaired) electrons. The predicted molar refractivity (Wildman–Crippen MR) is 127 cm³/mol. The number of ketones is 1. The Kier molecular flexibility index (Phi) is 6.28. The van der Waals surface area contributed by atoms with Crippen molar-refractivity contribution >= 4 is 33.4 Å². The largest absolute Gasteiger partial charge is 0.507 e. The molecule has 0 spiro atoms. The van der Waals surface area contributed by atoms with Crippen molar-refractivity contribution in [2.75, 3.05) is 13.2 Å². The number of ether oxygens (including phenoxy) is 1. The van der Waals surface area contributed by atoms with Gasteiger partial charge in [0.1, 0.15) is 5.76 Å². The number of hydrogen-bond donors (Lipinski definition) is 1. The summed E-state index contributed by atoms with van der Waals surface area (Å²) in [5.41, 5.74) is 2.56. The number of Topliss-reactive ketones (excluding diaryl/α,β-unsaturated/α-hetero) is 1. The third kappa shape index (κ3) is 4.39. The van der Waals surface area contributed by atoms with E-state index in [0.717, 1.165) is 28.4 Å². The average Bonchev–Trinajstić information content (AvgIpc) is 3.36. The molecule has 168 valence electrons. The molecule has 0 aromatic heterocycles. The zero-order valence-electron chi connectivity index (χ0n) is 18.6. The SMILES string of the molecule is CC(C)(C)c1ccc([C@H]2C(=C(O)c3ccc(Br)cc3)C(=O)C(=O)N2C[C@H]2CCCO2)cc1. The lowest BCUT2D eigenvalue weighted by molar-refractivity contribution is -0.140. The molecule has 2 atom stereocenters. The van der Waals surface area contributed by atoms with E-state index < -0.39 is 17.7 Å². The number of nitrogens with zero attached hydrogens (tertiary/aromatic N) is 1. The lowest BCUT2D eigenvalue weighted by Gasteiger charge is -2.28. The number of halogens is 1. The van der Waals surface area contributed by atoms with Gasteiger partial charge in [0.25, 0.3) is 11.7 Å². The maximum Gasteiger partial charge on any atom is 0.295 e. The van der Waals surface area contributed by atoms with Crippen LogP contribution >= 0.6 is 15.9 Å². The molecule has 2 aromatic rings. The van der Waals surface area contributed by atoms with Crippen molar-refractivity contribution in [1.29, 1.82) is 0 Å². The zero-order chi connectivity index (χ0) is 23.0. The van der Waals surface area contributed by atoms with E-state index in [9.17, 15) is 14.7 Å². The first kappa shape index (κ1) is 22.7. The van der Waals surface area contributed by atoms with E-state index in [1.807, 2.05) is 24.3 Å². The first-order valence-corrected chi connectivity index (χ1v) is 11.7. The maximum atomic E-state index is 13.1. The van der Waals surface area contributed by atoms with Crippen LogP contribution in [0.2, 0.25) is 0 Å². The van der Waals surface area contributed by atoms with Gasteiger partial charge < -0.3 is 14.7 Å². The molecule has 4 rings (SSSR count). The van der Waals surface area contributed by atoms with Gasteiger partial charge in [-0.15, -0.1) is 0 Å². The lowest BCUT2D eigenvalue weighted by Crippen LogP contribution is -2.36. The first-order chi connectivity index (χ1) is 15.2. The number of hydrogen-bond acceptors (Lipinski definition) is 4. The molecule has 0 unspecified atom stereocenters. The van der Waals surface area contributed by atoms with Gasteiger partial charge >= 0.3 is 0 Å². The predicted octanol–water partition coefficient (Wildman–Crippen LogP) is 5.35. The van der Waals surface area contributed by atoms with Gasteiger partial charge in [-0.2, -0.15) is 0 Å². The lowest BCUT2D eigenvalue weighted by atomic mass is 9.85. The highest BCUT2D eigenvalue weighted by molar-refractivity contribution is 9.10. The van der Waals surface area contributed by atoms with Gasteiger partial charge in [-0.3, -0.25) is 9.59 Å². The van der Waals surface area contributed by atoms with E-state index >= 15 is 0 Å². The fourth-order valence-electron chi connectivity index (χ4n) is 4.35. The third-order valence-electron chi connectivity index (χ3n) is 6.17. The van der Waals surface area contributed by atoms with Crippen molar-refractivity contribution in [2.45, 2.75) is 51.2 Å². The molecule has 0 aliphatic carbocycles. The minimum Gasteiger partial charge on any atom is -0.507 e. The minimum absolute atomic E-state index is 0.0184. The molecule has 0 bridgehead atoms. The fourth-order valence-corrected chi connectivity index (χ4v) is 4.62. The second kappa shape index (κ2) is 8.83. The van der Waals surface area contributed by atoms with Crippen LogP contribution in [0.15, 0.2) is 58.6 Å². The van der Waals surface area contributed by atoms with Crippen molar-refractivity contribution in [3.63, 3.8) is 0 Å². The molecule has 2 aromatic carbocycles. The highest BCUT2D eigenvalue weighted by Crippen LogP contribution is 2.40. The summed E-state index contributed by atoms with van der Waals surface area (Å²) in [4.78, 5) is 27.8. The molecule has 1 amide bonds. The van der Waals surface area contributed by atoms with Gasteiger partial charge in [0.15, 0.2) is 0 Å². The smallest absolute Gasteiger partial charge is 0.295 e. The standard InChI is InChI=1S/C26H28BrNO4/c1-26(2,3)18-10-6-16(7-11-18)22-21(23(29)17-8-12-19(27)13-9-17)24(30)25(31)28(22)15-20-5-4-14-32-20/h6-13,20,22,29H,4-5,14-15H2,1-3H3/t20-,22+/m1/s1. The van der Waals surface area contributed by atoms with Crippen LogP contribution in [0.4, 0.5) is 0 Å². The van der Waals surface area contributed by atoms with E-state index in [4.69, 9.17) is 4.74 Å². The summed E-state index contributed by atoms with van der Waals surface area (Å²) in [5, 5.41) is 11.1. The molecule has 32 heavy (non-hydrogen) atoms. The highest BCUT2D eigenvalue weighted by atomic mass is 79.9. The Balaban J connectivity index is 1.81. The summed E-state index contributed by atoms with van der Waals surface area (Å²) in [6, 6.07) is 14.4. The molecule has 2 heterocycles. The molecular formula is C26H28BrNO4. The number of rotatable bonds is 4. The molecule has 2 aliphatic heterocycles. The highest BCUT2D eigenvalue weighted by Gasteiger charge is 2.47. The van der Waals surface area contributed by atoms with E-state index in [1.165, 1.54) is 0 Å². The number of likely N-dealkylation sites (tertiary alicyclic amines) is 1. The average molecular weight is 498 g/mol. The Morgan fingerprint density at radius 3 is 2.31 bits per heavy atom. The van der Waals surface area contributed by atoms with E-state index in [-0.39, 0.29) is 22.9 Å². The quantitative estimate of drug-likeness (QED) is 0.351.